The van der Waals surface area contributed by atoms with Gasteiger partial charge in [-0.05, 0) is 92.4 Å². The van der Waals surface area contributed by atoms with E-state index in [1.807, 2.05) is 21.6 Å². The minimum absolute atomic E-state index is 1.17. The Morgan fingerprint density at radius 3 is 1.22 bits per heavy atom. The molecule has 0 aliphatic heterocycles. The molecule has 37 heavy (non-hydrogen) atoms. The molecule has 0 heterocycles. The zero-order chi connectivity index (χ0) is 26.0. The highest BCUT2D eigenvalue weighted by Gasteiger charge is 2.16. The average Bonchev–Trinajstić information content (AvgIpc) is 2.92. The molecule has 0 unspecified atom stereocenters. The fraction of sp³-hybridized carbons (Fsp3) is 0. The fourth-order valence-corrected chi connectivity index (χ4v) is 7.24. The molecule has 184 valence electrons. The average molecular weight is 571 g/mol. The molecule has 0 aliphatic rings. The molecule has 0 amide bonds. The van der Waals surface area contributed by atoms with Gasteiger partial charge in [0.1, 0.15) is 0 Å². The maximum absolute atomic E-state index is 3.94. The summed E-state index contributed by atoms with van der Waals surface area (Å²) in [5.74, 6) is 0. The predicted molar refractivity (Wildman–Crippen MR) is 172 cm³/mol. The Balaban J connectivity index is 1.88. The van der Waals surface area contributed by atoms with Crippen molar-refractivity contribution in [2.24, 2.45) is 0 Å². The summed E-state index contributed by atoms with van der Waals surface area (Å²) in [6.45, 7) is 15.7. The van der Waals surface area contributed by atoms with Crippen molar-refractivity contribution in [3.8, 4) is 22.3 Å². The second-order valence-corrected chi connectivity index (χ2v) is 12.7. The molecule has 0 nitrogen and oxygen atoms in total. The van der Waals surface area contributed by atoms with Crippen LogP contribution in [0.5, 0.6) is 0 Å². The Hall–Kier alpha value is -2.41. The van der Waals surface area contributed by atoms with Gasteiger partial charge in [-0.25, -0.2) is 0 Å². The molecule has 4 aromatic rings. The van der Waals surface area contributed by atoms with Crippen LogP contribution in [0.2, 0.25) is 0 Å². The number of thioether (sulfide) groups is 4. The van der Waals surface area contributed by atoms with Crippen LogP contribution < -0.4 is 0 Å². The van der Waals surface area contributed by atoms with Gasteiger partial charge in [0.05, 0.1) is 0 Å². The zero-order valence-corrected chi connectivity index (χ0v) is 24.3. The van der Waals surface area contributed by atoms with Crippen molar-refractivity contribution in [3.05, 3.63) is 133 Å². The van der Waals surface area contributed by atoms with Gasteiger partial charge in [0.2, 0.25) is 0 Å². The topological polar surface area (TPSA) is 0 Å². The van der Waals surface area contributed by atoms with Crippen LogP contribution in [-0.4, -0.2) is 0 Å². The lowest BCUT2D eigenvalue weighted by Crippen LogP contribution is -1.90. The van der Waals surface area contributed by atoms with E-state index in [1.54, 1.807) is 58.8 Å². The summed E-state index contributed by atoms with van der Waals surface area (Å²) in [5.41, 5.74) is 4.80. The maximum Gasteiger partial charge on any atom is 0.0202 e. The van der Waals surface area contributed by atoms with Crippen LogP contribution in [-0.2, 0) is 0 Å². The van der Waals surface area contributed by atoms with Crippen LogP contribution in [0.15, 0.2) is 162 Å². The summed E-state index contributed by atoms with van der Waals surface area (Å²) >= 11 is 8.37. The largest absolute Gasteiger partial charge is 0.0987 e. The monoisotopic (exact) mass is 570 g/mol. The van der Waals surface area contributed by atoms with E-state index in [0.29, 0.717) is 0 Å². The molecule has 0 saturated carbocycles. The Kier molecular flexibility index (Phi) is 10.4. The van der Waals surface area contributed by atoms with Crippen molar-refractivity contribution in [2.45, 2.75) is 29.4 Å². The summed E-state index contributed by atoms with van der Waals surface area (Å²) in [6, 6.07) is 30.3. The van der Waals surface area contributed by atoms with E-state index in [2.05, 4.69) is 111 Å². The summed E-state index contributed by atoms with van der Waals surface area (Å²) in [6.07, 6.45) is 0. The van der Waals surface area contributed by atoms with E-state index in [-0.39, 0.29) is 0 Å². The van der Waals surface area contributed by atoms with Crippen molar-refractivity contribution in [3.63, 3.8) is 0 Å². The van der Waals surface area contributed by atoms with Gasteiger partial charge < -0.3 is 0 Å². The van der Waals surface area contributed by atoms with Crippen molar-refractivity contribution < 1.29 is 0 Å². The van der Waals surface area contributed by atoms with Gasteiger partial charge in [-0.1, -0.05) is 122 Å². The Bertz CT molecular complexity index is 1330. The lowest BCUT2D eigenvalue weighted by Gasteiger charge is -2.17. The van der Waals surface area contributed by atoms with Gasteiger partial charge >= 0.3 is 0 Å². The van der Waals surface area contributed by atoms with Crippen molar-refractivity contribution in [2.75, 3.05) is 0 Å². The van der Waals surface area contributed by atoms with E-state index in [0.717, 1.165) is 0 Å². The van der Waals surface area contributed by atoms with Crippen LogP contribution in [0, 0.1) is 0 Å². The molecule has 0 radical (unpaired) electrons. The van der Waals surface area contributed by atoms with Gasteiger partial charge in [-0.15, -0.1) is 0 Å². The van der Waals surface area contributed by atoms with Gasteiger partial charge in [0.15, 0.2) is 0 Å². The van der Waals surface area contributed by atoms with Gasteiger partial charge in [0, 0.05) is 29.4 Å². The smallest absolute Gasteiger partial charge is 0.0202 e. The molecule has 0 N–H and O–H groups in total. The third kappa shape index (κ3) is 6.92. The number of rotatable bonds is 12. The highest BCUT2D eigenvalue weighted by atomic mass is 32.2. The van der Waals surface area contributed by atoms with Crippen molar-refractivity contribution in [1.29, 1.82) is 0 Å². The zero-order valence-electron chi connectivity index (χ0n) is 20.3. The van der Waals surface area contributed by atoms with Crippen molar-refractivity contribution in [1.82, 2.24) is 0 Å². The lowest BCUT2D eigenvalue weighted by molar-refractivity contribution is 1.29. The standard InChI is InChI=1S/C32H26S5/c1-5-33-23-17-19-31(27(21-23)25-13-9-11-15-29(25)35-7-3)37-32-20-18-24(34-6-2)22-28(32)26-14-10-12-16-30(26)36-8-4/h5-22H,1-4H2. The third-order valence-corrected chi connectivity index (χ3v) is 9.43. The van der Waals surface area contributed by atoms with Crippen LogP contribution >= 0.6 is 58.8 Å². The summed E-state index contributed by atoms with van der Waals surface area (Å²) in [5, 5.41) is 7.52. The minimum Gasteiger partial charge on any atom is -0.0987 e. The first-order valence-electron chi connectivity index (χ1n) is 11.4. The van der Waals surface area contributed by atoms with Gasteiger partial charge in [-0.2, -0.15) is 0 Å². The number of hydrogen-bond donors (Lipinski definition) is 0. The molecular weight excluding hydrogens is 545 g/mol. The molecule has 4 aromatic carbocycles. The molecule has 0 fully saturated rings. The Morgan fingerprint density at radius 2 is 0.811 bits per heavy atom. The molecule has 4 rings (SSSR count). The van der Waals surface area contributed by atoms with Gasteiger partial charge in [-0.3, -0.25) is 0 Å². The predicted octanol–water partition coefficient (Wildman–Crippen LogP) is 12.1. The van der Waals surface area contributed by atoms with Gasteiger partial charge in [0.25, 0.3) is 0 Å². The van der Waals surface area contributed by atoms with E-state index < -0.39 is 0 Å². The van der Waals surface area contributed by atoms with E-state index in [9.17, 15) is 0 Å². The quantitative estimate of drug-likeness (QED) is 0.155. The number of benzene rings is 4. The Morgan fingerprint density at radius 1 is 0.405 bits per heavy atom. The molecule has 5 heteroatoms. The Labute approximate surface area is 241 Å². The first kappa shape index (κ1) is 27.6. The number of hydrogen-bond acceptors (Lipinski definition) is 5. The summed E-state index contributed by atoms with van der Waals surface area (Å²) < 4.78 is 0. The molecule has 0 saturated heterocycles. The van der Waals surface area contributed by atoms with Crippen LogP contribution in [0.25, 0.3) is 22.3 Å². The third-order valence-electron chi connectivity index (χ3n) is 5.34. The summed E-state index contributed by atoms with van der Waals surface area (Å²) in [7, 11) is 0. The van der Waals surface area contributed by atoms with Crippen LogP contribution in [0.3, 0.4) is 0 Å². The van der Waals surface area contributed by atoms with Crippen LogP contribution in [0.4, 0.5) is 0 Å². The minimum atomic E-state index is 1.17. The summed E-state index contributed by atoms with van der Waals surface area (Å²) in [4.78, 5) is 7.10. The SMILES string of the molecule is C=CSc1ccc(Sc2ccc(SC=C)cc2-c2ccccc2SC=C)c(-c2ccccc2SC=C)c1. The van der Waals surface area contributed by atoms with Crippen LogP contribution in [0.1, 0.15) is 0 Å². The first-order valence-corrected chi connectivity index (χ1v) is 15.8. The molecule has 0 aromatic heterocycles. The second-order valence-electron chi connectivity index (χ2n) is 7.55. The van der Waals surface area contributed by atoms with E-state index in [1.165, 1.54) is 51.6 Å². The molecule has 0 bridgehead atoms. The van der Waals surface area contributed by atoms with Crippen molar-refractivity contribution >= 4 is 58.8 Å². The second kappa shape index (κ2) is 13.9. The maximum atomic E-state index is 3.94. The molecular formula is C32H26S5. The normalized spacial score (nSPS) is 10.6. The van der Waals surface area contributed by atoms with E-state index >= 15 is 0 Å². The highest BCUT2D eigenvalue weighted by molar-refractivity contribution is 8.03. The lowest BCUT2D eigenvalue weighted by atomic mass is 10.1. The molecule has 0 atom stereocenters. The van der Waals surface area contributed by atoms with E-state index in [4.69, 9.17) is 0 Å². The molecule has 0 aliphatic carbocycles. The highest BCUT2D eigenvalue weighted by Crippen LogP contribution is 2.46. The molecule has 0 spiro atoms. The first-order chi connectivity index (χ1) is 18.2. The fourth-order valence-electron chi connectivity index (χ4n) is 3.84.